The fourth-order valence-corrected chi connectivity index (χ4v) is 1.43. The first kappa shape index (κ1) is 14.3. The summed E-state index contributed by atoms with van der Waals surface area (Å²) >= 11 is 11.5. The molecule has 0 fully saturated rings. The Balaban J connectivity index is 2.64. The molecule has 0 spiro atoms. The van der Waals surface area contributed by atoms with Gasteiger partial charge in [0.25, 0.3) is 0 Å². The van der Waals surface area contributed by atoms with E-state index in [1.807, 2.05) is 0 Å². The molecule has 0 atom stereocenters. The summed E-state index contributed by atoms with van der Waals surface area (Å²) in [6.07, 6.45) is 0.950. The van der Waals surface area contributed by atoms with Crippen LogP contribution >= 0.6 is 23.2 Å². The average Bonchev–Trinajstić information content (AvgIpc) is 2.32. The normalized spacial score (nSPS) is 10.2. The molecule has 1 aromatic carbocycles. The molecule has 2 N–H and O–H groups in total. The van der Waals surface area contributed by atoms with E-state index in [1.54, 1.807) is 0 Å². The molecular formula is C10H9Cl2N3O3. The van der Waals surface area contributed by atoms with Crippen molar-refractivity contribution in [2.24, 2.45) is 5.16 Å². The van der Waals surface area contributed by atoms with E-state index in [2.05, 4.69) is 20.6 Å². The lowest BCUT2D eigenvalue weighted by atomic mass is 10.3. The van der Waals surface area contributed by atoms with Gasteiger partial charge in [-0.05, 0) is 18.2 Å². The van der Waals surface area contributed by atoms with E-state index in [9.17, 15) is 9.59 Å². The van der Waals surface area contributed by atoms with E-state index in [0.717, 1.165) is 6.34 Å². The Kier molecular flexibility index (Phi) is 5.41. The van der Waals surface area contributed by atoms with E-state index in [4.69, 9.17) is 23.2 Å². The smallest absolute Gasteiger partial charge is 0.314 e. The minimum Gasteiger partial charge on any atom is -0.398 e. The van der Waals surface area contributed by atoms with Gasteiger partial charge in [0.1, 0.15) is 13.4 Å². The van der Waals surface area contributed by atoms with E-state index >= 15 is 0 Å². The van der Waals surface area contributed by atoms with Gasteiger partial charge in [0.2, 0.25) is 0 Å². The number of carbonyl (C=O) groups is 2. The van der Waals surface area contributed by atoms with Crippen LogP contribution in [0.15, 0.2) is 23.4 Å². The van der Waals surface area contributed by atoms with Gasteiger partial charge in [-0.1, -0.05) is 28.4 Å². The van der Waals surface area contributed by atoms with E-state index in [-0.39, 0.29) is 10.7 Å². The van der Waals surface area contributed by atoms with E-state index in [1.165, 1.54) is 25.3 Å². The summed E-state index contributed by atoms with van der Waals surface area (Å²) in [5.41, 5.74) is 0.282. The third-order valence-corrected chi connectivity index (χ3v) is 2.29. The lowest BCUT2D eigenvalue weighted by Crippen LogP contribution is -2.34. The quantitative estimate of drug-likeness (QED) is 0.384. The van der Waals surface area contributed by atoms with Crippen LogP contribution in [0.5, 0.6) is 0 Å². The van der Waals surface area contributed by atoms with Crippen LogP contribution in [-0.2, 0) is 14.4 Å². The average molecular weight is 290 g/mol. The Hall–Kier alpha value is -1.79. The first-order chi connectivity index (χ1) is 8.54. The van der Waals surface area contributed by atoms with Crippen molar-refractivity contribution in [2.75, 3.05) is 12.4 Å². The number of halogens is 2. The highest BCUT2D eigenvalue weighted by molar-refractivity contribution is 6.43. The molecule has 0 aliphatic heterocycles. The minimum absolute atomic E-state index is 0.231. The van der Waals surface area contributed by atoms with Crippen LogP contribution in [0.25, 0.3) is 0 Å². The van der Waals surface area contributed by atoms with Gasteiger partial charge < -0.3 is 15.5 Å². The summed E-state index contributed by atoms with van der Waals surface area (Å²) in [6, 6.07) is 4.47. The van der Waals surface area contributed by atoms with Crippen LogP contribution < -0.4 is 10.6 Å². The summed E-state index contributed by atoms with van der Waals surface area (Å²) in [4.78, 5) is 27.0. The second kappa shape index (κ2) is 6.83. The molecule has 2 amide bonds. The number of benzene rings is 1. The van der Waals surface area contributed by atoms with Crippen molar-refractivity contribution in [3.05, 3.63) is 28.2 Å². The molecule has 0 radical (unpaired) electrons. The molecule has 18 heavy (non-hydrogen) atoms. The molecule has 0 saturated heterocycles. The molecule has 1 rings (SSSR count). The van der Waals surface area contributed by atoms with Crippen LogP contribution in [0.1, 0.15) is 0 Å². The van der Waals surface area contributed by atoms with Crippen molar-refractivity contribution < 1.29 is 14.4 Å². The van der Waals surface area contributed by atoms with E-state index < -0.39 is 11.8 Å². The van der Waals surface area contributed by atoms with Crippen molar-refractivity contribution in [1.82, 2.24) is 5.32 Å². The first-order valence-corrected chi connectivity index (χ1v) is 5.42. The van der Waals surface area contributed by atoms with Crippen LogP contribution in [0.2, 0.25) is 10.0 Å². The van der Waals surface area contributed by atoms with Gasteiger partial charge in [0.05, 0.1) is 10.7 Å². The topological polar surface area (TPSA) is 79.8 Å². The fourth-order valence-electron chi connectivity index (χ4n) is 0.973. The highest BCUT2D eigenvalue weighted by Crippen LogP contribution is 2.25. The number of rotatable bonds is 3. The number of hydrogen-bond acceptors (Lipinski definition) is 4. The largest absolute Gasteiger partial charge is 0.398 e. The Morgan fingerprint density at radius 2 is 2.06 bits per heavy atom. The lowest BCUT2D eigenvalue weighted by molar-refractivity contribution is -0.135. The van der Waals surface area contributed by atoms with Crippen molar-refractivity contribution in [1.29, 1.82) is 0 Å². The van der Waals surface area contributed by atoms with Gasteiger partial charge in [-0.25, -0.2) is 0 Å². The standard InChI is InChI=1S/C10H9Cl2N3O3/c1-18-14-5-13-9(16)10(17)15-8-3-2-6(11)4-7(8)12/h2-5H,1H3,(H,15,17)(H,13,14,16). The third-order valence-electron chi connectivity index (χ3n) is 1.74. The van der Waals surface area contributed by atoms with Gasteiger partial charge in [-0.3, -0.25) is 9.59 Å². The molecule has 0 aliphatic rings. The molecule has 0 saturated carbocycles. The molecule has 0 aromatic heterocycles. The summed E-state index contributed by atoms with van der Waals surface area (Å²) in [6.45, 7) is 0. The van der Waals surface area contributed by atoms with E-state index in [0.29, 0.717) is 5.02 Å². The molecule has 0 unspecified atom stereocenters. The zero-order valence-electron chi connectivity index (χ0n) is 9.24. The summed E-state index contributed by atoms with van der Waals surface area (Å²) in [7, 11) is 1.30. The van der Waals surface area contributed by atoms with Crippen LogP contribution in [0, 0.1) is 0 Å². The van der Waals surface area contributed by atoms with Crippen LogP contribution in [0.3, 0.4) is 0 Å². The Morgan fingerprint density at radius 3 is 2.67 bits per heavy atom. The second-order valence-electron chi connectivity index (χ2n) is 2.97. The second-order valence-corrected chi connectivity index (χ2v) is 3.81. The number of carbonyl (C=O) groups excluding carboxylic acids is 2. The van der Waals surface area contributed by atoms with Crippen molar-refractivity contribution in [3.8, 4) is 0 Å². The maximum absolute atomic E-state index is 11.4. The molecule has 0 aliphatic carbocycles. The Morgan fingerprint density at radius 1 is 1.33 bits per heavy atom. The maximum atomic E-state index is 11.4. The monoisotopic (exact) mass is 289 g/mol. The molecule has 96 valence electrons. The number of hydrogen-bond donors (Lipinski definition) is 2. The van der Waals surface area contributed by atoms with Gasteiger partial charge in [-0.15, -0.1) is 0 Å². The number of amides is 2. The lowest BCUT2D eigenvalue weighted by Gasteiger charge is -2.06. The number of nitrogens with zero attached hydrogens (tertiary/aromatic N) is 1. The van der Waals surface area contributed by atoms with Crippen molar-refractivity contribution >= 4 is 47.0 Å². The van der Waals surface area contributed by atoms with Gasteiger partial charge >= 0.3 is 11.8 Å². The number of nitrogens with one attached hydrogen (secondary N) is 2. The molecule has 0 bridgehead atoms. The van der Waals surface area contributed by atoms with Crippen LogP contribution in [-0.4, -0.2) is 25.3 Å². The summed E-state index contributed by atoms with van der Waals surface area (Å²) in [5, 5.41) is 8.32. The van der Waals surface area contributed by atoms with Gasteiger partial charge in [0, 0.05) is 5.02 Å². The number of oxime groups is 1. The van der Waals surface area contributed by atoms with Gasteiger partial charge in [0.15, 0.2) is 0 Å². The molecular weight excluding hydrogens is 281 g/mol. The third kappa shape index (κ3) is 4.23. The fraction of sp³-hybridized carbons (Fsp3) is 0.100. The Bertz CT molecular complexity index is 491. The predicted octanol–water partition coefficient (Wildman–Crippen LogP) is 1.64. The number of anilines is 1. The summed E-state index contributed by atoms with van der Waals surface area (Å²) < 4.78 is 0. The van der Waals surface area contributed by atoms with Gasteiger partial charge in [-0.2, -0.15) is 0 Å². The SMILES string of the molecule is CO/N=C\NC(=O)C(=O)Nc1ccc(Cl)cc1Cl. The molecule has 1 aromatic rings. The highest BCUT2D eigenvalue weighted by Gasteiger charge is 2.14. The van der Waals surface area contributed by atoms with Crippen molar-refractivity contribution in [2.45, 2.75) is 0 Å². The van der Waals surface area contributed by atoms with Crippen LogP contribution in [0.4, 0.5) is 5.69 Å². The zero-order chi connectivity index (χ0) is 13.5. The van der Waals surface area contributed by atoms with Crippen molar-refractivity contribution in [3.63, 3.8) is 0 Å². The highest BCUT2D eigenvalue weighted by atomic mass is 35.5. The Labute approximate surface area is 113 Å². The molecule has 8 heteroatoms. The predicted molar refractivity (Wildman–Crippen MR) is 68.7 cm³/mol. The maximum Gasteiger partial charge on any atom is 0.314 e. The summed E-state index contributed by atoms with van der Waals surface area (Å²) in [5.74, 6) is -1.79. The minimum atomic E-state index is -0.901. The molecule has 0 heterocycles. The molecule has 6 nitrogen and oxygen atoms in total. The zero-order valence-corrected chi connectivity index (χ0v) is 10.7. The first-order valence-electron chi connectivity index (χ1n) is 4.66.